The minimum absolute atomic E-state index is 0.0964. The second-order valence-electron chi connectivity index (χ2n) is 7.54. The maximum atomic E-state index is 12.6. The molecule has 4 rings (SSSR count). The summed E-state index contributed by atoms with van der Waals surface area (Å²) in [6, 6.07) is 12.8. The number of carbonyl (C=O) groups excluding carboxylic acids is 1. The van der Waals surface area contributed by atoms with Crippen molar-refractivity contribution in [1.29, 1.82) is 5.26 Å². The van der Waals surface area contributed by atoms with Crippen molar-refractivity contribution in [3.05, 3.63) is 36.5 Å². The smallest absolute Gasteiger partial charge is 0.237 e. The van der Waals surface area contributed by atoms with Gasteiger partial charge in [-0.05, 0) is 43.5 Å². The van der Waals surface area contributed by atoms with E-state index >= 15 is 0 Å². The molecule has 0 saturated carbocycles. The van der Waals surface area contributed by atoms with Gasteiger partial charge >= 0.3 is 0 Å². The van der Waals surface area contributed by atoms with Crippen LogP contribution in [0.25, 0.3) is 10.9 Å². The Morgan fingerprint density at radius 2 is 2.22 bits per heavy atom. The van der Waals surface area contributed by atoms with E-state index < -0.39 is 0 Å². The summed E-state index contributed by atoms with van der Waals surface area (Å²) >= 11 is 0. The zero-order valence-electron chi connectivity index (χ0n) is 15.7. The number of carbonyl (C=O) groups is 1. The third-order valence-electron chi connectivity index (χ3n) is 5.87. The van der Waals surface area contributed by atoms with E-state index in [0.29, 0.717) is 12.6 Å². The predicted octanol–water partition coefficient (Wildman–Crippen LogP) is 2.26. The molecule has 0 bridgehead atoms. The fourth-order valence-electron chi connectivity index (χ4n) is 4.25. The molecule has 1 aromatic heterocycles. The number of fused-ring (bicyclic) bond motifs is 1. The average molecular weight is 363 g/mol. The Balaban J connectivity index is 1.38. The van der Waals surface area contributed by atoms with E-state index in [1.54, 1.807) is 4.90 Å². The lowest BCUT2D eigenvalue weighted by Crippen LogP contribution is -2.42. The largest absolute Gasteiger partial charge is 0.370 e. The lowest BCUT2D eigenvalue weighted by Gasteiger charge is -2.28. The second-order valence-corrected chi connectivity index (χ2v) is 7.54. The Kier molecular flexibility index (Phi) is 4.95. The summed E-state index contributed by atoms with van der Waals surface area (Å²) < 4.78 is 0. The molecule has 0 N–H and O–H groups in total. The lowest BCUT2D eigenvalue weighted by atomic mass is 10.1. The van der Waals surface area contributed by atoms with E-state index in [-0.39, 0.29) is 11.9 Å². The van der Waals surface area contributed by atoms with Crippen LogP contribution >= 0.6 is 0 Å². The molecule has 2 fully saturated rings. The van der Waals surface area contributed by atoms with E-state index in [4.69, 9.17) is 0 Å². The molecule has 2 saturated heterocycles. The van der Waals surface area contributed by atoms with E-state index in [1.165, 1.54) is 5.69 Å². The van der Waals surface area contributed by atoms with Gasteiger partial charge in [0.1, 0.15) is 6.04 Å². The SMILES string of the molecule is CN(c1ccc2ncccc2c1)[C@@H]1CCN(CC(=O)N2CCCC2C#N)C1. The first-order valence-corrected chi connectivity index (χ1v) is 9.65. The average Bonchev–Trinajstić information content (AvgIpc) is 3.36. The van der Waals surface area contributed by atoms with Gasteiger partial charge in [0.2, 0.25) is 5.91 Å². The van der Waals surface area contributed by atoms with E-state index in [0.717, 1.165) is 49.8 Å². The van der Waals surface area contributed by atoms with Crippen LogP contribution in [-0.2, 0) is 4.79 Å². The summed E-state index contributed by atoms with van der Waals surface area (Å²) in [4.78, 5) is 23.2. The van der Waals surface area contributed by atoms with Crippen LogP contribution in [0, 0.1) is 11.3 Å². The molecule has 0 spiro atoms. The number of benzene rings is 1. The van der Waals surface area contributed by atoms with Crippen molar-refractivity contribution in [3.63, 3.8) is 0 Å². The van der Waals surface area contributed by atoms with Gasteiger partial charge in [-0.15, -0.1) is 0 Å². The van der Waals surface area contributed by atoms with Crippen molar-refractivity contribution in [3.8, 4) is 6.07 Å². The number of hydrogen-bond donors (Lipinski definition) is 0. The molecule has 6 nitrogen and oxygen atoms in total. The van der Waals surface area contributed by atoms with Crippen LogP contribution in [0.5, 0.6) is 0 Å². The van der Waals surface area contributed by atoms with Crippen LogP contribution in [-0.4, -0.2) is 66.0 Å². The van der Waals surface area contributed by atoms with Crippen molar-refractivity contribution >= 4 is 22.5 Å². The van der Waals surface area contributed by atoms with Gasteiger partial charge < -0.3 is 9.80 Å². The van der Waals surface area contributed by atoms with Gasteiger partial charge in [-0.25, -0.2) is 0 Å². The van der Waals surface area contributed by atoms with Crippen LogP contribution in [0.15, 0.2) is 36.5 Å². The Bertz CT molecular complexity index is 876. The van der Waals surface area contributed by atoms with Crippen LogP contribution < -0.4 is 4.90 Å². The van der Waals surface area contributed by atoms with Crippen molar-refractivity contribution in [1.82, 2.24) is 14.8 Å². The Hall–Kier alpha value is -2.65. The Labute approximate surface area is 160 Å². The minimum atomic E-state index is -0.232. The first-order chi connectivity index (χ1) is 13.2. The van der Waals surface area contributed by atoms with Crippen molar-refractivity contribution < 1.29 is 4.79 Å². The summed E-state index contributed by atoms with van der Waals surface area (Å²) in [5.74, 6) is 0.0964. The van der Waals surface area contributed by atoms with Gasteiger partial charge in [-0.3, -0.25) is 14.7 Å². The summed E-state index contributed by atoms with van der Waals surface area (Å²) in [5, 5.41) is 10.3. The summed E-state index contributed by atoms with van der Waals surface area (Å²) in [7, 11) is 2.12. The molecule has 1 amide bonds. The molecule has 140 valence electrons. The van der Waals surface area contributed by atoms with E-state index in [1.807, 2.05) is 12.3 Å². The second kappa shape index (κ2) is 7.53. The van der Waals surface area contributed by atoms with Crippen LogP contribution in [0.4, 0.5) is 5.69 Å². The fourth-order valence-corrected chi connectivity index (χ4v) is 4.25. The first kappa shape index (κ1) is 17.7. The highest BCUT2D eigenvalue weighted by Crippen LogP contribution is 2.25. The Morgan fingerprint density at radius 1 is 1.33 bits per heavy atom. The topological polar surface area (TPSA) is 63.5 Å². The summed E-state index contributed by atoms with van der Waals surface area (Å²) in [6.45, 7) is 2.93. The highest BCUT2D eigenvalue weighted by molar-refractivity contribution is 5.82. The monoisotopic (exact) mass is 363 g/mol. The molecule has 1 unspecified atom stereocenters. The molecule has 0 aliphatic carbocycles. The third kappa shape index (κ3) is 3.60. The van der Waals surface area contributed by atoms with Gasteiger partial charge in [-0.1, -0.05) is 6.07 Å². The number of likely N-dealkylation sites (N-methyl/N-ethyl adjacent to an activating group) is 1. The standard InChI is InChI=1S/C21H25N5O/c1-24(17-6-7-20-16(12-17)4-2-9-23-20)19-8-11-25(14-19)15-21(27)26-10-3-5-18(26)13-22/h2,4,6-7,9,12,18-19H,3,5,8,10-11,14-15H2,1H3/t18?,19-/m1/s1. The Morgan fingerprint density at radius 3 is 3.07 bits per heavy atom. The molecule has 0 radical (unpaired) electrons. The maximum Gasteiger partial charge on any atom is 0.237 e. The molecular formula is C21H25N5O. The maximum absolute atomic E-state index is 12.6. The van der Waals surface area contributed by atoms with Gasteiger partial charge in [0.25, 0.3) is 0 Å². The van der Waals surface area contributed by atoms with Gasteiger partial charge in [0, 0.05) is 50.0 Å². The first-order valence-electron chi connectivity index (χ1n) is 9.65. The third-order valence-corrected chi connectivity index (χ3v) is 5.87. The number of pyridine rings is 1. The fraction of sp³-hybridized carbons (Fsp3) is 0.476. The molecule has 6 heteroatoms. The van der Waals surface area contributed by atoms with Crippen molar-refractivity contribution in [2.24, 2.45) is 0 Å². The number of likely N-dealkylation sites (tertiary alicyclic amines) is 2. The number of nitriles is 1. The van der Waals surface area contributed by atoms with Crippen molar-refractivity contribution in [2.45, 2.75) is 31.3 Å². The zero-order chi connectivity index (χ0) is 18.8. The molecule has 3 heterocycles. The molecule has 2 aliphatic rings. The van der Waals surface area contributed by atoms with E-state index in [2.05, 4.69) is 52.2 Å². The summed E-state index contributed by atoms with van der Waals surface area (Å²) in [6.07, 6.45) is 4.60. The molecular weight excluding hydrogens is 338 g/mol. The molecule has 1 aromatic carbocycles. The summed E-state index contributed by atoms with van der Waals surface area (Å²) in [5.41, 5.74) is 2.18. The van der Waals surface area contributed by atoms with Crippen LogP contribution in [0.1, 0.15) is 19.3 Å². The number of nitrogens with zero attached hydrogens (tertiary/aromatic N) is 5. The molecule has 2 atom stereocenters. The molecule has 2 aromatic rings. The quantitative estimate of drug-likeness (QED) is 0.834. The number of amides is 1. The normalized spacial score (nSPS) is 22.9. The van der Waals surface area contributed by atoms with Crippen LogP contribution in [0.3, 0.4) is 0 Å². The minimum Gasteiger partial charge on any atom is -0.370 e. The predicted molar refractivity (Wildman–Crippen MR) is 105 cm³/mol. The molecule has 27 heavy (non-hydrogen) atoms. The highest BCUT2D eigenvalue weighted by Gasteiger charge is 2.32. The van der Waals surface area contributed by atoms with Crippen LogP contribution in [0.2, 0.25) is 0 Å². The van der Waals surface area contributed by atoms with Gasteiger partial charge in [0.05, 0.1) is 18.1 Å². The molecule has 2 aliphatic heterocycles. The number of anilines is 1. The van der Waals surface area contributed by atoms with Gasteiger partial charge in [0.15, 0.2) is 0 Å². The lowest BCUT2D eigenvalue weighted by molar-refractivity contribution is -0.132. The number of hydrogen-bond acceptors (Lipinski definition) is 5. The number of rotatable bonds is 4. The van der Waals surface area contributed by atoms with Crippen molar-refractivity contribution in [2.75, 3.05) is 38.1 Å². The van der Waals surface area contributed by atoms with E-state index in [9.17, 15) is 10.1 Å². The highest BCUT2D eigenvalue weighted by atomic mass is 16.2. The number of aromatic nitrogens is 1. The zero-order valence-corrected chi connectivity index (χ0v) is 15.7. The van der Waals surface area contributed by atoms with Gasteiger partial charge in [-0.2, -0.15) is 5.26 Å².